The number of hydrogen-bond donors (Lipinski definition) is 1. The van der Waals surface area contributed by atoms with Gasteiger partial charge in [-0.2, -0.15) is 0 Å². The number of thiazole rings is 1. The van der Waals surface area contributed by atoms with Gasteiger partial charge in [0, 0.05) is 36.7 Å². The zero-order chi connectivity index (χ0) is 14.3. The van der Waals surface area contributed by atoms with Crippen molar-refractivity contribution in [3.63, 3.8) is 0 Å². The Morgan fingerprint density at radius 2 is 1.86 bits per heavy atom. The van der Waals surface area contributed by atoms with Crippen LogP contribution in [0.25, 0.3) is 11.3 Å². The van der Waals surface area contributed by atoms with Crippen LogP contribution < -0.4 is 5.32 Å². The highest BCUT2D eigenvalue weighted by atomic mass is 32.1. The van der Waals surface area contributed by atoms with Crippen LogP contribution in [0.3, 0.4) is 0 Å². The fraction of sp³-hybridized carbons (Fsp3) is 0.176. The van der Waals surface area contributed by atoms with Gasteiger partial charge in [0.05, 0.1) is 16.4 Å². The molecule has 0 amide bonds. The zero-order valence-electron chi connectivity index (χ0n) is 11.7. The number of benzene rings is 1. The predicted octanol–water partition coefficient (Wildman–Crippen LogP) is 3.54. The molecule has 2 aromatic heterocycles. The van der Waals surface area contributed by atoms with E-state index in [2.05, 4.69) is 32.8 Å². The third kappa shape index (κ3) is 3.97. The van der Waals surface area contributed by atoms with E-state index in [4.69, 9.17) is 0 Å². The number of hydrogen-bond acceptors (Lipinski definition) is 4. The van der Waals surface area contributed by atoms with Gasteiger partial charge in [-0.3, -0.25) is 4.98 Å². The highest BCUT2D eigenvalue weighted by molar-refractivity contribution is 7.09. The van der Waals surface area contributed by atoms with E-state index in [1.165, 1.54) is 10.6 Å². The Bertz CT molecular complexity index is 665. The second-order valence-electron chi connectivity index (χ2n) is 4.74. The lowest BCUT2D eigenvalue weighted by Crippen LogP contribution is -2.17. The predicted molar refractivity (Wildman–Crippen MR) is 87.2 cm³/mol. The lowest BCUT2D eigenvalue weighted by Gasteiger charge is -2.02. The molecule has 1 N–H and O–H groups in total. The average molecular weight is 295 g/mol. The molecule has 3 aromatic rings. The largest absolute Gasteiger partial charge is 0.311 e. The normalized spacial score (nSPS) is 10.7. The van der Waals surface area contributed by atoms with E-state index in [0.717, 1.165) is 30.9 Å². The number of rotatable bonds is 6. The number of aromatic nitrogens is 2. The minimum Gasteiger partial charge on any atom is -0.311 e. The van der Waals surface area contributed by atoms with Crippen molar-refractivity contribution in [2.45, 2.75) is 13.0 Å². The van der Waals surface area contributed by atoms with Gasteiger partial charge in [0.25, 0.3) is 0 Å². The molecule has 0 aliphatic heterocycles. The molecule has 106 valence electrons. The summed E-state index contributed by atoms with van der Waals surface area (Å²) in [6.45, 7) is 1.72. The molecule has 0 atom stereocenters. The topological polar surface area (TPSA) is 37.8 Å². The minimum atomic E-state index is 0.803. The fourth-order valence-corrected chi connectivity index (χ4v) is 2.89. The Hall–Kier alpha value is -2.04. The van der Waals surface area contributed by atoms with E-state index >= 15 is 0 Å². The molecule has 0 unspecified atom stereocenters. The maximum atomic E-state index is 4.69. The van der Waals surface area contributed by atoms with Crippen LogP contribution in [-0.2, 0) is 13.0 Å². The molecule has 0 saturated heterocycles. The minimum absolute atomic E-state index is 0.803. The lowest BCUT2D eigenvalue weighted by molar-refractivity contribution is 0.673. The molecule has 1 aromatic carbocycles. The first-order valence-electron chi connectivity index (χ1n) is 7.02. The maximum Gasteiger partial charge on any atom is 0.0945 e. The monoisotopic (exact) mass is 295 g/mol. The van der Waals surface area contributed by atoms with Crippen molar-refractivity contribution in [1.29, 1.82) is 0 Å². The molecule has 0 fully saturated rings. The van der Waals surface area contributed by atoms with Crippen LogP contribution >= 0.6 is 11.3 Å². The van der Waals surface area contributed by atoms with Gasteiger partial charge in [0.2, 0.25) is 0 Å². The van der Waals surface area contributed by atoms with Gasteiger partial charge in [-0.25, -0.2) is 4.98 Å². The van der Waals surface area contributed by atoms with Gasteiger partial charge in [0.15, 0.2) is 0 Å². The van der Waals surface area contributed by atoms with Gasteiger partial charge < -0.3 is 5.32 Å². The molecule has 0 aliphatic rings. The van der Waals surface area contributed by atoms with Crippen LogP contribution in [0.5, 0.6) is 0 Å². The molecule has 2 heterocycles. The summed E-state index contributed by atoms with van der Waals surface area (Å²) in [5.41, 5.74) is 3.32. The van der Waals surface area contributed by atoms with Gasteiger partial charge in [-0.05, 0) is 12.1 Å². The van der Waals surface area contributed by atoms with E-state index in [1.807, 2.05) is 42.6 Å². The second-order valence-corrected chi connectivity index (χ2v) is 5.68. The SMILES string of the molecule is c1ccc(-c2csc(CCNCc3ccccn3)n2)cc1. The van der Waals surface area contributed by atoms with Crippen LogP contribution in [0.1, 0.15) is 10.7 Å². The number of nitrogens with zero attached hydrogens (tertiary/aromatic N) is 2. The second kappa shape index (κ2) is 7.11. The summed E-state index contributed by atoms with van der Waals surface area (Å²) in [6.07, 6.45) is 2.77. The molecule has 0 saturated carbocycles. The first-order chi connectivity index (χ1) is 10.4. The Morgan fingerprint density at radius 3 is 2.67 bits per heavy atom. The average Bonchev–Trinajstić information content (AvgIpc) is 3.02. The summed E-state index contributed by atoms with van der Waals surface area (Å²) in [5, 5.41) is 6.70. The van der Waals surface area contributed by atoms with Gasteiger partial charge >= 0.3 is 0 Å². The number of pyridine rings is 1. The fourth-order valence-electron chi connectivity index (χ4n) is 2.08. The Morgan fingerprint density at radius 1 is 1.00 bits per heavy atom. The van der Waals surface area contributed by atoms with Crippen molar-refractivity contribution in [2.24, 2.45) is 0 Å². The molecule has 0 aliphatic carbocycles. The number of nitrogens with one attached hydrogen (secondary N) is 1. The van der Waals surface area contributed by atoms with Crippen molar-refractivity contribution in [3.8, 4) is 11.3 Å². The van der Waals surface area contributed by atoms with E-state index in [9.17, 15) is 0 Å². The Balaban J connectivity index is 1.49. The summed E-state index contributed by atoms with van der Waals surface area (Å²) >= 11 is 1.72. The quantitative estimate of drug-likeness (QED) is 0.707. The Kier molecular flexibility index (Phi) is 4.71. The van der Waals surface area contributed by atoms with Crippen molar-refractivity contribution in [3.05, 3.63) is 70.8 Å². The third-order valence-electron chi connectivity index (χ3n) is 3.17. The van der Waals surface area contributed by atoms with Crippen molar-refractivity contribution >= 4 is 11.3 Å². The highest BCUT2D eigenvalue weighted by Gasteiger charge is 2.03. The van der Waals surface area contributed by atoms with Crippen LogP contribution in [0.15, 0.2) is 60.1 Å². The van der Waals surface area contributed by atoms with Gasteiger partial charge in [-0.1, -0.05) is 36.4 Å². The van der Waals surface area contributed by atoms with Crippen molar-refractivity contribution < 1.29 is 0 Å². The first-order valence-corrected chi connectivity index (χ1v) is 7.90. The first kappa shape index (κ1) is 13.9. The molecular formula is C17H17N3S. The van der Waals surface area contributed by atoms with Gasteiger partial charge in [0.1, 0.15) is 0 Å². The lowest BCUT2D eigenvalue weighted by atomic mass is 10.2. The highest BCUT2D eigenvalue weighted by Crippen LogP contribution is 2.21. The summed E-state index contributed by atoms with van der Waals surface area (Å²) in [4.78, 5) is 8.98. The van der Waals surface area contributed by atoms with Crippen LogP contribution in [-0.4, -0.2) is 16.5 Å². The van der Waals surface area contributed by atoms with E-state index in [1.54, 1.807) is 11.3 Å². The third-order valence-corrected chi connectivity index (χ3v) is 4.08. The molecular weight excluding hydrogens is 278 g/mol. The van der Waals surface area contributed by atoms with Gasteiger partial charge in [-0.15, -0.1) is 11.3 Å². The summed E-state index contributed by atoms with van der Waals surface area (Å²) in [7, 11) is 0. The zero-order valence-corrected chi connectivity index (χ0v) is 12.5. The Labute approximate surface area is 128 Å². The van der Waals surface area contributed by atoms with Crippen LogP contribution in [0.4, 0.5) is 0 Å². The summed E-state index contributed by atoms with van der Waals surface area (Å²) in [5.74, 6) is 0. The molecule has 0 spiro atoms. The molecule has 3 nitrogen and oxygen atoms in total. The van der Waals surface area contributed by atoms with Crippen LogP contribution in [0, 0.1) is 0 Å². The van der Waals surface area contributed by atoms with E-state index in [0.29, 0.717) is 0 Å². The van der Waals surface area contributed by atoms with Crippen LogP contribution in [0.2, 0.25) is 0 Å². The maximum absolute atomic E-state index is 4.69. The molecule has 21 heavy (non-hydrogen) atoms. The molecule has 0 radical (unpaired) electrons. The summed E-state index contributed by atoms with van der Waals surface area (Å²) in [6, 6.07) is 16.3. The van der Waals surface area contributed by atoms with E-state index < -0.39 is 0 Å². The molecule has 4 heteroatoms. The van der Waals surface area contributed by atoms with Crippen molar-refractivity contribution in [2.75, 3.05) is 6.54 Å². The molecule has 3 rings (SSSR count). The standard InChI is InChI=1S/C17H17N3S/c1-2-6-14(7-3-1)16-13-21-17(20-16)9-11-18-12-15-8-4-5-10-19-15/h1-8,10,13,18H,9,11-12H2. The van der Waals surface area contributed by atoms with Crippen molar-refractivity contribution in [1.82, 2.24) is 15.3 Å². The molecule has 0 bridgehead atoms. The van der Waals surface area contributed by atoms with E-state index in [-0.39, 0.29) is 0 Å². The summed E-state index contributed by atoms with van der Waals surface area (Å²) < 4.78 is 0. The smallest absolute Gasteiger partial charge is 0.0945 e.